The Kier molecular flexibility index (Phi) is 4.79. The number of aryl methyl sites for hydroxylation is 1. The van der Waals surface area contributed by atoms with Crippen LogP contribution in [0.4, 0.5) is 17.3 Å². The van der Waals surface area contributed by atoms with Crippen molar-refractivity contribution in [2.45, 2.75) is 58.4 Å². The molecule has 1 heterocycles. The molecule has 2 aromatic rings. The van der Waals surface area contributed by atoms with E-state index in [1.165, 1.54) is 31.2 Å². The fourth-order valence-electron chi connectivity index (χ4n) is 3.24. The van der Waals surface area contributed by atoms with Crippen molar-refractivity contribution in [2.75, 3.05) is 10.6 Å². The zero-order chi connectivity index (χ0) is 16.2. The molecule has 1 aromatic carbocycles. The van der Waals surface area contributed by atoms with Crippen molar-refractivity contribution in [1.29, 1.82) is 0 Å². The first-order chi connectivity index (χ1) is 11.1. The van der Waals surface area contributed by atoms with Gasteiger partial charge in [-0.3, -0.25) is 0 Å². The van der Waals surface area contributed by atoms with Gasteiger partial charge in [0.25, 0.3) is 0 Å². The summed E-state index contributed by atoms with van der Waals surface area (Å²) >= 11 is 0. The Balaban J connectivity index is 1.81. The molecule has 1 aliphatic carbocycles. The topological polar surface area (TPSA) is 49.8 Å². The molecule has 4 nitrogen and oxygen atoms in total. The lowest BCUT2D eigenvalue weighted by atomic mass is 10.0. The Morgan fingerprint density at radius 2 is 1.74 bits per heavy atom. The van der Waals surface area contributed by atoms with Gasteiger partial charge in [-0.05, 0) is 37.3 Å². The van der Waals surface area contributed by atoms with E-state index in [-0.39, 0.29) is 0 Å². The standard InChI is InChI=1S/C19H26N4/c1-13(2)16-10-6-7-11-17(16)23-19-12-18(20-14(3)21-19)22-15-8-4-5-9-15/h6-7,10-13,15H,4-5,8-9H2,1-3H3,(H2,20,21,22,23). The molecule has 122 valence electrons. The van der Waals surface area contributed by atoms with Crippen LogP contribution in [0.1, 0.15) is 56.8 Å². The van der Waals surface area contributed by atoms with Crippen molar-refractivity contribution < 1.29 is 0 Å². The van der Waals surface area contributed by atoms with E-state index < -0.39 is 0 Å². The van der Waals surface area contributed by atoms with Crippen LogP contribution in [0.15, 0.2) is 30.3 Å². The summed E-state index contributed by atoms with van der Waals surface area (Å²) in [5, 5.41) is 7.02. The second-order valence-electron chi connectivity index (χ2n) is 6.68. The normalized spacial score (nSPS) is 15.1. The maximum absolute atomic E-state index is 4.54. The van der Waals surface area contributed by atoms with Crippen LogP contribution in [-0.4, -0.2) is 16.0 Å². The molecule has 1 aromatic heterocycles. The Labute approximate surface area is 138 Å². The Hall–Kier alpha value is -2.10. The molecule has 1 aliphatic rings. The van der Waals surface area contributed by atoms with Gasteiger partial charge in [0.2, 0.25) is 0 Å². The van der Waals surface area contributed by atoms with Gasteiger partial charge in [0, 0.05) is 17.8 Å². The number of para-hydroxylation sites is 1. The molecule has 1 saturated carbocycles. The van der Waals surface area contributed by atoms with Crippen LogP contribution in [0.3, 0.4) is 0 Å². The second-order valence-corrected chi connectivity index (χ2v) is 6.68. The average molecular weight is 310 g/mol. The molecule has 0 spiro atoms. The van der Waals surface area contributed by atoms with E-state index in [1.54, 1.807) is 0 Å². The molecular formula is C19H26N4. The molecule has 23 heavy (non-hydrogen) atoms. The minimum atomic E-state index is 0.470. The number of benzene rings is 1. The first kappa shape index (κ1) is 15.8. The molecule has 0 unspecified atom stereocenters. The molecular weight excluding hydrogens is 284 g/mol. The van der Waals surface area contributed by atoms with Gasteiger partial charge in [-0.15, -0.1) is 0 Å². The molecule has 0 saturated heterocycles. The fraction of sp³-hybridized carbons (Fsp3) is 0.474. The zero-order valence-corrected chi connectivity index (χ0v) is 14.3. The maximum atomic E-state index is 4.54. The lowest BCUT2D eigenvalue weighted by Gasteiger charge is -2.16. The number of nitrogens with one attached hydrogen (secondary N) is 2. The monoisotopic (exact) mass is 310 g/mol. The van der Waals surface area contributed by atoms with Crippen molar-refractivity contribution in [3.05, 3.63) is 41.7 Å². The summed E-state index contributed by atoms with van der Waals surface area (Å²) in [6.07, 6.45) is 5.10. The van der Waals surface area contributed by atoms with Gasteiger partial charge in [-0.25, -0.2) is 9.97 Å². The summed E-state index contributed by atoms with van der Waals surface area (Å²) in [5.74, 6) is 3.04. The third-order valence-electron chi connectivity index (χ3n) is 4.39. The molecule has 2 N–H and O–H groups in total. The molecule has 4 heteroatoms. The number of hydrogen-bond donors (Lipinski definition) is 2. The summed E-state index contributed by atoms with van der Waals surface area (Å²) in [7, 11) is 0. The predicted octanol–water partition coefficient (Wildman–Crippen LogP) is 5.01. The summed E-state index contributed by atoms with van der Waals surface area (Å²) < 4.78 is 0. The highest BCUT2D eigenvalue weighted by Gasteiger charge is 2.16. The third-order valence-corrected chi connectivity index (χ3v) is 4.39. The van der Waals surface area contributed by atoms with Crippen molar-refractivity contribution >= 4 is 17.3 Å². The number of anilines is 3. The van der Waals surface area contributed by atoms with Gasteiger partial charge in [0.05, 0.1) is 0 Å². The lowest BCUT2D eigenvalue weighted by Crippen LogP contribution is -2.16. The highest BCUT2D eigenvalue weighted by Crippen LogP contribution is 2.27. The van der Waals surface area contributed by atoms with E-state index in [0.29, 0.717) is 12.0 Å². The fourth-order valence-corrected chi connectivity index (χ4v) is 3.24. The molecule has 3 rings (SSSR count). The van der Waals surface area contributed by atoms with Crippen LogP contribution in [-0.2, 0) is 0 Å². The maximum Gasteiger partial charge on any atom is 0.136 e. The van der Waals surface area contributed by atoms with Gasteiger partial charge in [0.1, 0.15) is 17.5 Å². The van der Waals surface area contributed by atoms with Crippen LogP contribution in [0.5, 0.6) is 0 Å². The average Bonchev–Trinajstić information content (AvgIpc) is 3.00. The zero-order valence-electron chi connectivity index (χ0n) is 14.3. The van der Waals surface area contributed by atoms with Crippen molar-refractivity contribution in [3.63, 3.8) is 0 Å². The molecule has 1 fully saturated rings. The highest BCUT2D eigenvalue weighted by atomic mass is 15.1. The first-order valence-corrected chi connectivity index (χ1v) is 8.60. The highest BCUT2D eigenvalue weighted by molar-refractivity contribution is 5.63. The second kappa shape index (κ2) is 6.99. The van der Waals surface area contributed by atoms with E-state index in [0.717, 1.165) is 23.1 Å². The molecule has 0 amide bonds. The van der Waals surface area contributed by atoms with Gasteiger partial charge >= 0.3 is 0 Å². The van der Waals surface area contributed by atoms with Gasteiger partial charge in [-0.1, -0.05) is 44.9 Å². The van der Waals surface area contributed by atoms with Crippen LogP contribution in [0, 0.1) is 6.92 Å². The van der Waals surface area contributed by atoms with Crippen LogP contribution >= 0.6 is 0 Å². The summed E-state index contributed by atoms with van der Waals surface area (Å²) in [6.45, 7) is 6.36. The summed E-state index contributed by atoms with van der Waals surface area (Å²) in [6, 6.07) is 11.0. The third kappa shape index (κ3) is 4.01. The molecule has 0 aliphatic heterocycles. The van der Waals surface area contributed by atoms with E-state index in [2.05, 4.69) is 58.7 Å². The molecule has 0 bridgehead atoms. The van der Waals surface area contributed by atoms with E-state index >= 15 is 0 Å². The number of hydrogen-bond acceptors (Lipinski definition) is 4. The molecule has 0 atom stereocenters. The Bertz CT molecular complexity index is 660. The predicted molar refractivity (Wildman–Crippen MR) is 96.5 cm³/mol. The van der Waals surface area contributed by atoms with Gasteiger partial charge in [-0.2, -0.15) is 0 Å². The SMILES string of the molecule is Cc1nc(Nc2ccccc2C(C)C)cc(NC2CCCC2)n1. The van der Waals surface area contributed by atoms with E-state index in [4.69, 9.17) is 0 Å². The van der Waals surface area contributed by atoms with Crippen LogP contribution < -0.4 is 10.6 Å². The number of nitrogens with zero attached hydrogens (tertiary/aromatic N) is 2. The van der Waals surface area contributed by atoms with E-state index in [1.807, 2.05) is 13.0 Å². The van der Waals surface area contributed by atoms with Crippen LogP contribution in [0.2, 0.25) is 0 Å². The van der Waals surface area contributed by atoms with Crippen molar-refractivity contribution in [3.8, 4) is 0 Å². The quantitative estimate of drug-likeness (QED) is 0.815. The van der Waals surface area contributed by atoms with E-state index in [9.17, 15) is 0 Å². The molecule has 0 radical (unpaired) electrons. The number of rotatable bonds is 5. The summed E-state index contributed by atoms with van der Waals surface area (Å²) in [5.41, 5.74) is 2.42. The Morgan fingerprint density at radius 3 is 2.48 bits per heavy atom. The van der Waals surface area contributed by atoms with Crippen LogP contribution in [0.25, 0.3) is 0 Å². The van der Waals surface area contributed by atoms with Crippen molar-refractivity contribution in [2.24, 2.45) is 0 Å². The van der Waals surface area contributed by atoms with Crippen molar-refractivity contribution in [1.82, 2.24) is 9.97 Å². The first-order valence-electron chi connectivity index (χ1n) is 8.60. The minimum Gasteiger partial charge on any atom is -0.367 e. The Morgan fingerprint density at radius 1 is 1.04 bits per heavy atom. The largest absolute Gasteiger partial charge is 0.367 e. The minimum absolute atomic E-state index is 0.470. The van der Waals surface area contributed by atoms with Gasteiger partial charge < -0.3 is 10.6 Å². The lowest BCUT2D eigenvalue weighted by molar-refractivity contribution is 0.748. The smallest absolute Gasteiger partial charge is 0.136 e. The number of aromatic nitrogens is 2. The van der Waals surface area contributed by atoms with Gasteiger partial charge in [0.15, 0.2) is 0 Å². The summed E-state index contributed by atoms with van der Waals surface area (Å²) in [4.78, 5) is 9.08.